The number of aryl methyl sites for hydroxylation is 1. The van der Waals surface area contributed by atoms with Crippen molar-refractivity contribution in [1.29, 1.82) is 0 Å². The molecule has 2 aromatic carbocycles. The summed E-state index contributed by atoms with van der Waals surface area (Å²) < 4.78 is 0. The average Bonchev–Trinajstić information content (AvgIpc) is 3.11. The molecule has 28 heavy (non-hydrogen) atoms. The summed E-state index contributed by atoms with van der Waals surface area (Å²) in [6.45, 7) is 5.39. The lowest BCUT2D eigenvalue weighted by Gasteiger charge is -2.25. The first-order valence-corrected chi connectivity index (χ1v) is 9.49. The van der Waals surface area contributed by atoms with Gasteiger partial charge in [0.05, 0.1) is 0 Å². The molecule has 144 valence electrons. The third-order valence-electron chi connectivity index (χ3n) is 5.53. The molecule has 2 atom stereocenters. The van der Waals surface area contributed by atoms with Crippen LogP contribution in [0.2, 0.25) is 0 Å². The SMILES string of the molecule is Cc1ccc(N2C(=O)N(CC(=O)N3c4ccccc4C[C@H]3C)C(=O)[C@@H]2C)cc1. The van der Waals surface area contributed by atoms with E-state index in [1.54, 1.807) is 11.8 Å². The van der Waals surface area contributed by atoms with E-state index in [0.29, 0.717) is 5.69 Å². The van der Waals surface area contributed by atoms with Gasteiger partial charge in [0.25, 0.3) is 5.91 Å². The third kappa shape index (κ3) is 2.85. The fraction of sp³-hybridized carbons (Fsp3) is 0.318. The Morgan fingerprint density at radius 3 is 2.43 bits per heavy atom. The van der Waals surface area contributed by atoms with Crippen molar-refractivity contribution in [2.75, 3.05) is 16.3 Å². The van der Waals surface area contributed by atoms with Crippen molar-refractivity contribution >= 4 is 29.2 Å². The molecule has 0 N–H and O–H groups in total. The maximum absolute atomic E-state index is 13.0. The number of fused-ring (bicyclic) bond motifs is 1. The van der Waals surface area contributed by atoms with Crippen molar-refractivity contribution < 1.29 is 14.4 Å². The van der Waals surface area contributed by atoms with Crippen LogP contribution in [-0.2, 0) is 16.0 Å². The van der Waals surface area contributed by atoms with Crippen molar-refractivity contribution in [2.24, 2.45) is 0 Å². The topological polar surface area (TPSA) is 60.9 Å². The normalized spacial score (nSPS) is 21.5. The van der Waals surface area contributed by atoms with Crippen LogP contribution in [0.3, 0.4) is 0 Å². The quantitative estimate of drug-likeness (QED) is 0.772. The van der Waals surface area contributed by atoms with E-state index in [1.807, 2.05) is 62.4 Å². The number of rotatable bonds is 3. The monoisotopic (exact) mass is 377 g/mol. The molecule has 2 aliphatic heterocycles. The van der Waals surface area contributed by atoms with E-state index in [0.717, 1.165) is 28.1 Å². The summed E-state index contributed by atoms with van der Waals surface area (Å²) in [5.74, 6) is -0.587. The molecule has 0 spiro atoms. The fourth-order valence-electron chi connectivity index (χ4n) is 4.07. The second-order valence-corrected chi connectivity index (χ2v) is 7.53. The highest BCUT2D eigenvalue weighted by Crippen LogP contribution is 2.32. The molecule has 1 fully saturated rings. The smallest absolute Gasteiger partial charge is 0.307 e. The van der Waals surface area contributed by atoms with Gasteiger partial charge in [-0.15, -0.1) is 0 Å². The Hall–Kier alpha value is -3.15. The largest absolute Gasteiger partial charge is 0.332 e. The highest BCUT2D eigenvalue weighted by Gasteiger charge is 2.45. The van der Waals surface area contributed by atoms with Crippen LogP contribution in [0, 0.1) is 6.92 Å². The fourth-order valence-corrected chi connectivity index (χ4v) is 4.07. The summed E-state index contributed by atoms with van der Waals surface area (Å²) in [5, 5.41) is 0. The van der Waals surface area contributed by atoms with E-state index in [-0.39, 0.29) is 24.4 Å². The lowest BCUT2D eigenvalue weighted by Crippen LogP contribution is -2.45. The number of amides is 4. The minimum Gasteiger partial charge on any atom is -0.307 e. The molecule has 4 amide bonds. The molecule has 4 rings (SSSR count). The summed E-state index contributed by atoms with van der Waals surface area (Å²) in [5.41, 5.74) is 3.70. The Morgan fingerprint density at radius 2 is 1.71 bits per heavy atom. The molecule has 0 aliphatic carbocycles. The third-order valence-corrected chi connectivity index (χ3v) is 5.53. The zero-order valence-corrected chi connectivity index (χ0v) is 16.3. The zero-order valence-electron chi connectivity index (χ0n) is 16.3. The maximum atomic E-state index is 13.0. The lowest BCUT2D eigenvalue weighted by molar-refractivity contribution is -0.131. The number of hydrogen-bond acceptors (Lipinski definition) is 3. The predicted molar refractivity (Wildman–Crippen MR) is 107 cm³/mol. The van der Waals surface area contributed by atoms with Crippen LogP contribution in [0.4, 0.5) is 16.2 Å². The first-order valence-electron chi connectivity index (χ1n) is 9.49. The van der Waals surface area contributed by atoms with Crippen molar-refractivity contribution in [3.8, 4) is 0 Å². The van der Waals surface area contributed by atoms with Gasteiger partial charge in [0, 0.05) is 17.4 Å². The van der Waals surface area contributed by atoms with Gasteiger partial charge in [-0.1, -0.05) is 35.9 Å². The summed E-state index contributed by atoms with van der Waals surface area (Å²) >= 11 is 0. The van der Waals surface area contributed by atoms with Crippen LogP contribution >= 0.6 is 0 Å². The Kier molecular flexibility index (Phi) is 4.41. The van der Waals surface area contributed by atoms with Gasteiger partial charge >= 0.3 is 6.03 Å². The highest BCUT2D eigenvalue weighted by atomic mass is 16.2. The molecule has 0 unspecified atom stereocenters. The number of hydrogen-bond donors (Lipinski definition) is 0. The number of urea groups is 1. The minimum absolute atomic E-state index is 0.00309. The molecule has 0 bridgehead atoms. The molecule has 1 saturated heterocycles. The van der Waals surface area contributed by atoms with Crippen LogP contribution in [0.25, 0.3) is 0 Å². The number of nitrogens with zero attached hydrogens (tertiary/aromatic N) is 3. The lowest BCUT2D eigenvalue weighted by atomic mass is 10.1. The standard InChI is InChI=1S/C22H23N3O3/c1-14-8-10-18(11-9-14)25-16(3)21(27)23(22(25)28)13-20(26)24-15(2)12-17-6-4-5-7-19(17)24/h4-11,15-16H,12-13H2,1-3H3/t15-,16+/m1/s1. The van der Waals surface area contributed by atoms with Crippen LogP contribution in [-0.4, -0.2) is 41.4 Å². The van der Waals surface area contributed by atoms with E-state index in [9.17, 15) is 14.4 Å². The number of para-hydroxylation sites is 1. The van der Waals surface area contributed by atoms with Gasteiger partial charge in [-0.3, -0.25) is 19.4 Å². The van der Waals surface area contributed by atoms with Gasteiger partial charge in [0.2, 0.25) is 5.91 Å². The minimum atomic E-state index is -0.633. The molecule has 6 heteroatoms. The molecule has 2 aromatic rings. The van der Waals surface area contributed by atoms with E-state index in [4.69, 9.17) is 0 Å². The van der Waals surface area contributed by atoms with Gasteiger partial charge in [-0.05, 0) is 51.0 Å². The Morgan fingerprint density at radius 1 is 1.04 bits per heavy atom. The van der Waals surface area contributed by atoms with Gasteiger partial charge in [0.15, 0.2) is 0 Å². The van der Waals surface area contributed by atoms with Crippen LogP contribution < -0.4 is 9.80 Å². The first-order chi connectivity index (χ1) is 13.4. The van der Waals surface area contributed by atoms with Crippen molar-refractivity contribution in [3.05, 3.63) is 59.7 Å². The molecule has 6 nitrogen and oxygen atoms in total. The van der Waals surface area contributed by atoms with Crippen molar-refractivity contribution in [2.45, 2.75) is 39.3 Å². The second-order valence-electron chi connectivity index (χ2n) is 7.53. The van der Waals surface area contributed by atoms with Gasteiger partial charge in [0.1, 0.15) is 12.6 Å². The number of imide groups is 1. The zero-order chi connectivity index (χ0) is 20.0. The van der Waals surface area contributed by atoms with Gasteiger partial charge in [-0.25, -0.2) is 4.79 Å². The first kappa shape index (κ1) is 18.2. The van der Waals surface area contributed by atoms with Crippen LogP contribution in [0.5, 0.6) is 0 Å². The van der Waals surface area contributed by atoms with Gasteiger partial charge < -0.3 is 4.90 Å². The molecular formula is C22H23N3O3. The average molecular weight is 377 g/mol. The molecule has 0 aromatic heterocycles. The highest BCUT2D eigenvalue weighted by molar-refractivity contribution is 6.16. The van der Waals surface area contributed by atoms with E-state index >= 15 is 0 Å². The Bertz CT molecular complexity index is 954. The van der Waals surface area contributed by atoms with Crippen LogP contribution in [0.1, 0.15) is 25.0 Å². The number of carbonyl (C=O) groups excluding carboxylic acids is 3. The van der Waals surface area contributed by atoms with E-state index in [2.05, 4.69) is 0 Å². The summed E-state index contributed by atoms with van der Waals surface area (Å²) in [6, 6.07) is 14.1. The van der Waals surface area contributed by atoms with Gasteiger partial charge in [-0.2, -0.15) is 0 Å². The molecular weight excluding hydrogens is 354 g/mol. The van der Waals surface area contributed by atoms with Crippen molar-refractivity contribution in [1.82, 2.24) is 4.90 Å². The maximum Gasteiger partial charge on any atom is 0.332 e. The van der Waals surface area contributed by atoms with Crippen LogP contribution in [0.15, 0.2) is 48.5 Å². The number of carbonyl (C=O) groups is 3. The Labute approximate surface area is 164 Å². The number of anilines is 2. The van der Waals surface area contributed by atoms with E-state index in [1.165, 1.54) is 4.90 Å². The number of benzene rings is 2. The molecule has 0 saturated carbocycles. The van der Waals surface area contributed by atoms with E-state index < -0.39 is 12.1 Å². The molecule has 2 heterocycles. The summed E-state index contributed by atoms with van der Waals surface area (Å²) in [6.07, 6.45) is 0.774. The van der Waals surface area contributed by atoms with Crippen molar-refractivity contribution in [3.63, 3.8) is 0 Å². The molecule has 2 aliphatic rings. The predicted octanol–water partition coefficient (Wildman–Crippen LogP) is 3.13. The second kappa shape index (κ2) is 6.78. The Balaban J connectivity index is 1.56. The summed E-state index contributed by atoms with van der Waals surface area (Å²) in [7, 11) is 0. The summed E-state index contributed by atoms with van der Waals surface area (Å²) in [4.78, 5) is 42.9. The molecule has 0 radical (unpaired) electrons.